The first-order valence-corrected chi connectivity index (χ1v) is 8.97. The third-order valence-corrected chi connectivity index (χ3v) is 4.78. The number of amides is 1. The Labute approximate surface area is 149 Å². The molecule has 1 amide bonds. The van der Waals surface area contributed by atoms with E-state index in [-0.39, 0.29) is 11.9 Å². The van der Waals surface area contributed by atoms with Gasteiger partial charge in [0, 0.05) is 25.7 Å². The van der Waals surface area contributed by atoms with Crippen LogP contribution in [0.25, 0.3) is 11.1 Å². The van der Waals surface area contributed by atoms with Crippen molar-refractivity contribution in [2.75, 3.05) is 13.1 Å². The van der Waals surface area contributed by atoms with E-state index in [1.807, 2.05) is 6.07 Å². The average molecular weight is 338 g/mol. The van der Waals surface area contributed by atoms with Gasteiger partial charge in [0.05, 0.1) is 0 Å². The smallest absolute Gasteiger partial charge is 0.248 e. The Hall–Kier alpha value is -2.17. The van der Waals surface area contributed by atoms with Crippen molar-refractivity contribution < 1.29 is 9.90 Å². The van der Waals surface area contributed by atoms with Gasteiger partial charge in [-0.1, -0.05) is 54.6 Å². The molecule has 132 valence electrons. The van der Waals surface area contributed by atoms with Crippen LogP contribution in [0.1, 0.15) is 25.3 Å². The molecule has 3 rings (SSSR count). The van der Waals surface area contributed by atoms with Gasteiger partial charge in [0.15, 0.2) is 0 Å². The topological polar surface area (TPSA) is 52.6 Å². The lowest BCUT2D eigenvalue weighted by molar-refractivity contribution is -0.129. The Kier molecular flexibility index (Phi) is 5.84. The van der Waals surface area contributed by atoms with Crippen LogP contribution in [0, 0.1) is 0 Å². The SMILES string of the molecule is C[C@H](O)C(=O)NC1CCN(Cc2ccc(-c3ccccc3)cc2)CC1. The minimum atomic E-state index is -0.929. The number of rotatable bonds is 5. The minimum Gasteiger partial charge on any atom is -0.384 e. The molecule has 0 spiro atoms. The number of benzene rings is 2. The molecule has 25 heavy (non-hydrogen) atoms. The summed E-state index contributed by atoms with van der Waals surface area (Å²) >= 11 is 0. The molecule has 2 aromatic rings. The molecule has 1 heterocycles. The molecule has 2 N–H and O–H groups in total. The van der Waals surface area contributed by atoms with Crippen LogP contribution in [0.15, 0.2) is 54.6 Å². The molecule has 1 aliphatic heterocycles. The Balaban J connectivity index is 1.50. The molecule has 0 unspecified atom stereocenters. The lowest BCUT2D eigenvalue weighted by Crippen LogP contribution is -2.46. The fraction of sp³-hybridized carbons (Fsp3) is 0.381. The van der Waals surface area contributed by atoms with Crippen molar-refractivity contribution in [2.45, 2.75) is 38.5 Å². The molecule has 0 aromatic heterocycles. The van der Waals surface area contributed by atoms with Crippen LogP contribution in [0.2, 0.25) is 0 Å². The number of carbonyl (C=O) groups excluding carboxylic acids is 1. The predicted octanol–water partition coefficient (Wildman–Crippen LogP) is 2.82. The Bertz CT molecular complexity index is 675. The fourth-order valence-electron chi connectivity index (χ4n) is 3.25. The van der Waals surface area contributed by atoms with Gasteiger partial charge in [0.1, 0.15) is 6.10 Å². The maximum Gasteiger partial charge on any atom is 0.248 e. The number of hydrogen-bond acceptors (Lipinski definition) is 3. The molecule has 2 aromatic carbocycles. The molecule has 0 aliphatic carbocycles. The molecule has 1 aliphatic rings. The fourth-order valence-corrected chi connectivity index (χ4v) is 3.25. The Morgan fingerprint density at radius 2 is 1.68 bits per heavy atom. The first kappa shape index (κ1) is 17.6. The quantitative estimate of drug-likeness (QED) is 0.881. The summed E-state index contributed by atoms with van der Waals surface area (Å²) in [4.78, 5) is 14.0. The highest BCUT2D eigenvalue weighted by Gasteiger charge is 2.22. The first-order valence-electron chi connectivity index (χ1n) is 8.97. The molecule has 4 heteroatoms. The van der Waals surface area contributed by atoms with Gasteiger partial charge in [-0.2, -0.15) is 0 Å². The summed E-state index contributed by atoms with van der Waals surface area (Å²) < 4.78 is 0. The number of carbonyl (C=O) groups is 1. The van der Waals surface area contributed by atoms with E-state index in [0.29, 0.717) is 0 Å². The Morgan fingerprint density at radius 1 is 1.08 bits per heavy atom. The minimum absolute atomic E-state index is 0.179. The number of aliphatic hydroxyl groups is 1. The standard InChI is InChI=1S/C21H26N2O2/c1-16(24)21(25)22-20-11-13-23(14-12-20)15-17-7-9-19(10-8-17)18-5-3-2-4-6-18/h2-10,16,20,24H,11-15H2,1H3,(H,22,25)/t16-/m0/s1. The third kappa shape index (κ3) is 4.91. The molecule has 1 fully saturated rings. The van der Waals surface area contributed by atoms with Crippen molar-refractivity contribution >= 4 is 5.91 Å². The van der Waals surface area contributed by atoms with Gasteiger partial charge in [-0.3, -0.25) is 9.69 Å². The van der Waals surface area contributed by atoms with Crippen molar-refractivity contribution in [3.63, 3.8) is 0 Å². The van der Waals surface area contributed by atoms with Gasteiger partial charge in [-0.15, -0.1) is 0 Å². The monoisotopic (exact) mass is 338 g/mol. The van der Waals surface area contributed by atoms with Crippen molar-refractivity contribution in [1.82, 2.24) is 10.2 Å². The lowest BCUT2D eigenvalue weighted by Gasteiger charge is -2.32. The summed E-state index contributed by atoms with van der Waals surface area (Å²) in [5.41, 5.74) is 3.79. The zero-order valence-corrected chi connectivity index (χ0v) is 14.7. The van der Waals surface area contributed by atoms with Crippen LogP contribution >= 0.6 is 0 Å². The van der Waals surface area contributed by atoms with Crippen LogP contribution in [0.5, 0.6) is 0 Å². The van der Waals surface area contributed by atoms with E-state index in [1.165, 1.54) is 23.6 Å². The van der Waals surface area contributed by atoms with Crippen molar-refractivity contribution in [3.8, 4) is 11.1 Å². The third-order valence-electron chi connectivity index (χ3n) is 4.78. The average Bonchev–Trinajstić information content (AvgIpc) is 2.64. The zero-order valence-electron chi connectivity index (χ0n) is 14.7. The van der Waals surface area contributed by atoms with Crippen LogP contribution in [-0.2, 0) is 11.3 Å². The molecular weight excluding hydrogens is 312 g/mol. The van der Waals surface area contributed by atoms with E-state index in [9.17, 15) is 9.90 Å². The summed E-state index contributed by atoms with van der Waals surface area (Å²) in [6.45, 7) is 4.37. The second kappa shape index (κ2) is 8.28. The van der Waals surface area contributed by atoms with Gasteiger partial charge in [-0.25, -0.2) is 0 Å². The summed E-state index contributed by atoms with van der Waals surface area (Å²) in [6, 6.07) is 19.3. The summed E-state index contributed by atoms with van der Waals surface area (Å²) in [5, 5.41) is 12.2. The highest BCUT2D eigenvalue weighted by atomic mass is 16.3. The lowest BCUT2D eigenvalue weighted by atomic mass is 10.0. The van der Waals surface area contributed by atoms with Crippen LogP contribution in [0.4, 0.5) is 0 Å². The van der Waals surface area contributed by atoms with Gasteiger partial charge < -0.3 is 10.4 Å². The molecule has 0 bridgehead atoms. The van der Waals surface area contributed by atoms with Crippen LogP contribution in [-0.4, -0.2) is 41.1 Å². The van der Waals surface area contributed by atoms with Gasteiger partial charge in [-0.05, 0) is 36.5 Å². The Morgan fingerprint density at radius 3 is 2.28 bits per heavy atom. The number of piperidine rings is 1. The number of nitrogens with one attached hydrogen (secondary N) is 1. The van der Waals surface area contributed by atoms with Gasteiger partial charge in [0.2, 0.25) is 5.91 Å². The van der Waals surface area contributed by atoms with E-state index in [1.54, 1.807) is 0 Å². The number of likely N-dealkylation sites (tertiary alicyclic amines) is 1. The normalized spacial score (nSPS) is 17.2. The first-order chi connectivity index (χ1) is 12.1. The van der Waals surface area contributed by atoms with E-state index in [4.69, 9.17) is 0 Å². The highest BCUT2D eigenvalue weighted by Crippen LogP contribution is 2.20. The van der Waals surface area contributed by atoms with Crippen molar-refractivity contribution in [2.24, 2.45) is 0 Å². The van der Waals surface area contributed by atoms with Crippen LogP contribution < -0.4 is 5.32 Å². The second-order valence-corrected chi connectivity index (χ2v) is 6.80. The zero-order chi connectivity index (χ0) is 17.6. The maximum absolute atomic E-state index is 11.6. The van der Waals surface area contributed by atoms with E-state index < -0.39 is 6.10 Å². The number of hydrogen-bond donors (Lipinski definition) is 2. The number of nitrogens with zero attached hydrogens (tertiary/aromatic N) is 1. The molecule has 1 saturated heterocycles. The molecule has 0 radical (unpaired) electrons. The van der Waals surface area contributed by atoms with Crippen molar-refractivity contribution in [1.29, 1.82) is 0 Å². The number of aliphatic hydroxyl groups excluding tert-OH is 1. The largest absolute Gasteiger partial charge is 0.384 e. The maximum atomic E-state index is 11.6. The second-order valence-electron chi connectivity index (χ2n) is 6.80. The van der Waals surface area contributed by atoms with Gasteiger partial charge in [0.25, 0.3) is 0 Å². The highest BCUT2D eigenvalue weighted by molar-refractivity contribution is 5.80. The summed E-state index contributed by atoms with van der Waals surface area (Å²) in [5.74, 6) is -0.269. The van der Waals surface area contributed by atoms with E-state index >= 15 is 0 Å². The predicted molar refractivity (Wildman–Crippen MR) is 100 cm³/mol. The molecular formula is C21H26N2O2. The van der Waals surface area contributed by atoms with E-state index in [2.05, 4.69) is 58.7 Å². The van der Waals surface area contributed by atoms with Crippen molar-refractivity contribution in [3.05, 3.63) is 60.2 Å². The summed E-state index contributed by atoms with van der Waals surface area (Å²) in [7, 11) is 0. The molecule has 0 saturated carbocycles. The van der Waals surface area contributed by atoms with Crippen LogP contribution in [0.3, 0.4) is 0 Å². The molecule has 4 nitrogen and oxygen atoms in total. The van der Waals surface area contributed by atoms with E-state index in [0.717, 1.165) is 32.5 Å². The molecule has 1 atom stereocenters. The summed E-state index contributed by atoms with van der Waals surface area (Å²) in [6.07, 6.45) is 0.933. The van der Waals surface area contributed by atoms with Gasteiger partial charge >= 0.3 is 0 Å².